The molecule has 1 aliphatic rings. The molecule has 2 heteroatoms. The summed E-state index contributed by atoms with van der Waals surface area (Å²) in [6.45, 7) is 0.939. The Bertz CT molecular complexity index is 352. The molecule has 1 heterocycles. The first kappa shape index (κ1) is 9.04. The van der Waals surface area contributed by atoms with Crippen molar-refractivity contribution < 1.29 is 4.79 Å². The molecule has 1 saturated heterocycles. The topological polar surface area (TPSA) is 20.3 Å². The Morgan fingerprint density at radius 2 is 1.93 bits per heavy atom. The van der Waals surface area contributed by atoms with Crippen LogP contribution in [0.2, 0.25) is 0 Å². The van der Waals surface area contributed by atoms with Gasteiger partial charge < -0.3 is 4.90 Å². The van der Waals surface area contributed by atoms with E-state index in [1.54, 1.807) is 0 Å². The predicted octanol–water partition coefficient (Wildman–Crippen LogP) is 2.39. The summed E-state index contributed by atoms with van der Waals surface area (Å²) in [6, 6.07) is 10.0. The number of rotatable bonds is 1. The van der Waals surface area contributed by atoms with Crippen molar-refractivity contribution in [3.05, 3.63) is 36.0 Å². The fourth-order valence-corrected chi connectivity index (χ4v) is 1.83. The van der Waals surface area contributed by atoms with Crippen LogP contribution < -0.4 is 4.90 Å². The third-order valence-corrected chi connectivity index (χ3v) is 2.56. The van der Waals surface area contributed by atoms with Gasteiger partial charge in [-0.05, 0) is 31.4 Å². The van der Waals surface area contributed by atoms with Gasteiger partial charge in [0.2, 0.25) is 0 Å². The van der Waals surface area contributed by atoms with E-state index < -0.39 is 0 Å². The molecule has 0 N–H and O–H groups in total. The normalized spacial score (nSPS) is 16.6. The highest BCUT2D eigenvalue weighted by Gasteiger charge is 2.16. The van der Waals surface area contributed by atoms with Crippen molar-refractivity contribution in [1.29, 1.82) is 0 Å². The lowest BCUT2D eigenvalue weighted by atomic mass is 10.1. The molecule has 1 fully saturated rings. The van der Waals surface area contributed by atoms with Crippen LogP contribution in [0, 0.1) is 0 Å². The Morgan fingerprint density at radius 3 is 2.64 bits per heavy atom. The molecule has 0 saturated carbocycles. The smallest absolute Gasteiger partial charge is 0.146 e. The van der Waals surface area contributed by atoms with Gasteiger partial charge in [0.05, 0.1) is 0 Å². The van der Waals surface area contributed by atoms with Crippen LogP contribution in [0.25, 0.3) is 0 Å². The SMILES string of the molecule is O=C=C1CCCCN1c1ccccc1. The fourth-order valence-electron chi connectivity index (χ4n) is 1.83. The first-order chi connectivity index (χ1) is 6.92. The quantitative estimate of drug-likeness (QED) is 0.629. The van der Waals surface area contributed by atoms with Crippen LogP contribution in [0.4, 0.5) is 5.69 Å². The Hall–Kier alpha value is -1.53. The number of piperidine rings is 1. The average molecular weight is 187 g/mol. The number of nitrogens with zero attached hydrogens (tertiary/aromatic N) is 1. The summed E-state index contributed by atoms with van der Waals surface area (Å²) in [5.74, 6) is 2.05. The monoisotopic (exact) mass is 187 g/mol. The molecule has 14 heavy (non-hydrogen) atoms. The summed E-state index contributed by atoms with van der Waals surface area (Å²) in [7, 11) is 0. The second-order valence-corrected chi connectivity index (χ2v) is 3.49. The van der Waals surface area contributed by atoms with E-state index in [0.29, 0.717) is 0 Å². The fraction of sp³-hybridized carbons (Fsp3) is 0.333. The van der Waals surface area contributed by atoms with E-state index in [1.807, 2.05) is 36.3 Å². The minimum absolute atomic E-state index is 0.794. The molecule has 0 aliphatic carbocycles. The van der Waals surface area contributed by atoms with Gasteiger partial charge in [0, 0.05) is 12.2 Å². The van der Waals surface area contributed by atoms with E-state index >= 15 is 0 Å². The minimum atomic E-state index is 0.794. The first-order valence-electron chi connectivity index (χ1n) is 4.98. The Balaban J connectivity index is 2.28. The maximum Gasteiger partial charge on any atom is 0.146 e. The van der Waals surface area contributed by atoms with Gasteiger partial charge in [0.15, 0.2) is 0 Å². The predicted molar refractivity (Wildman–Crippen MR) is 56.8 cm³/mol. The highest BCUT2D eigenvalue weighted by atomic mass is 16.1. The highest BCUT2D eigenvalue weighted by molar-refractivity contribution is 5.64. The van der Waals surface area contributed by atoms with Crippen molar-refractivity contribution in [1.82, 2.24) is 0 Å². The van der Waals surface area contributed by atoms with Gasteiger partial charge in [0.25, 0.3) is 0 Å². The van der Waals surface area contributed by atoms with Crippen molar-refractivity contribution in [3.8, 4) is 0 Å². The first-order valence-corrected chi connectivity index (χ1v) is 4.98. The molecular weight excluding hydrogens is 174 g/mol. The van der Waals surface area contributed by atoms with Crippen LogP contribution in [0.15, 0.2) is 36.0 Å². The summed E-state index contributed by atoms with van der Waals surface area (Å²) < 4.78 is 0. The maximum absolute atomic E-state index is 10.7. The number of hydrogen-bond acceptors (Lipinski definition) is 2. The van der Waals surface area contributed by atoms with Gasteiger partial charge in [-0.1, -0.05) is 18.2 Å². The van der Waals surface area contributed by atoms with Crippen molar-refractivity contribution in [3.63, 3.8) is 0 Å². The molecular formula is C12H13NO. The summed E-state index contributed by atoms with van der Waals surface area (Å²) in [4.78, 5) is 12.8. The zero-order valence-electron chi connectivity index (χ0n) is 8.07. The largest absolute Gasteiger partial charge is 0.336 e. The number of allylic oxidation sites excluding steroid dienone is 1. The lowest BCUT2D eigenvalue weighted by Crippen LogP contribution is -2.27. The molecule has 0 amide bonds. The van der Waals surface area contributed by atoms with Gasteiger partial charge in [-0.25, -0.2) is 4.79 Å². The molecule has 0 unspecified atom stereocenters. The third kappa shape index (κ3) is 1.70. The van der Waals surface area contributed by atoms with E-state index in [-0.39, 0.29) is 0 Å². The molecule has 72 valence electrons. The maximum atomic E-state index is 10.7. The van der Waals surface area contributed by atoms with Gasteiger partial charge in [-0.15, -0.1) is 0 Å². The third-order valence-electron chi connectivity index (χ3n) is 2.56. The van der Waals surface area contributed by atoms with E-state index in [0.717, 1.165) is 37.2 Å². The number of carbonyl (C=O) groups excluding carboxylic acids is 1. The van der Waals surface area contributed by atoms with Crippen LogP contribution in [0.5, 0.6) is 0 Å². The van der Waals surface area contributed by atoms with Crippen molar-refractivity contribution in [2.45, 2.75) is 19.3 Å². The molecule has 0 bridgehead atoms. The second-order valence-electron chi connectivity index (χ2n) is 3.49. The van der Waals surface area contributed by atoms with E-state index in [1.165, 1.54) is 0 Å². The molecule has 2 rings (SSSR count). The van der Waals surface area contributed by atoms with Crippen molar-refractivity contribution >= 4 is 11.6 Å². The molecule has 1 aromatic rings. The van der Waals surface area contributed by atoms with Gasteiger partial charge >= 0.3 is 0 Å². The van der Waals surface area contributed by atoms with Crippen LogP contribution >= 0.6 is 0 Å². The lowest BCUT2D eigenvalue weighted by molar-refractivity contribution is 0.558. The highest BCUT2D eigenvalue weighted by Crippen LogP contribution is 2.25. The Morgan fingerprint density at radius 1 is 1.14 bits per heavy atom. The molecule has 1 aromatic carbocycles. The average Bonchev–Trinajstić information content (AvgIpc) is 2.30. The Labute approximate surface area is 83.8 Å². The van der Waals surface area contributed by atoms with Gasteiger partial charge in [-0.2, -0.15) is 0 Å². The summed E-state index contributed by atoms with van der Waals surface area (Å²) in [6.07, 6.45) is 3.12. The second kappa shape index (κ2) is 4.12. The number of para-hydroxylation sites is 1. The summed E-state index contributed by atoms with van der Waals surface area (Å²) >= 11 is 0. The minimum Gasteiger partial charge on any atom is -0.336 e. The van der Waals surface area contributed by atoms with Crippen molar-refractivity contribution in [2.24, 2.45) is 0 Å². The molecule has 1 aliphatic heterocycles. The Kier molecular flexibility index (Phi) is 2.66. The van der Waals surface area contributed by atoms with E-state index in [9.17, 15) is 4.79 Å². The van der Waals surface area contributed by atoms with Gasteiger partial charge in [0.1, 0.15) is 11.6 Å². The molecule has 2 nitrogen and oxygen atoms in total. The van der Waals surface area contributed by atoms with Crippen LogP contribution in [-0.4, -0.2) is 12.5 Å². The van der Waals surface area contributed by atoms with Crippen LogP contribution in [-0.2, 0) is 4.79 Å². The zero-order valence-corrected chi connectivity index (χ0v) is 8.07. The number of hydrogen-bond donors (Lipinski definition) is 0. The molecule has 0 radical (unpaired) electrons. The van der Waals surface area contributed by atoms with Crippen molar-refractivity contribution in [2.75, 3.05) is 11.4 Å². The number of anilines is 1. The van der Waals surface area contributed by atoms with Crippen LogP contribution in [0.1, 0.15) is 19.3 Å². The molecule has 0 atom stereocenters. The lowest BCUT2D eigenvalue weighted by Gasteiger charge is -2.29. The van der Waals surface area contributed by atoms with Gasteiger partial charge in [-0.3, -0.25) is 0 Å². The molecule has 0 spiro atoms. The standard InChI is InChI=1S/C12H13NO/c14-10-12-8-4-5-9-13(12)11-6-2-1-3-7-11/h1-3,6-7H,4-5,8-9H2. The van der Waals surface area contributed by atoms with Crippen LogP contribution in [0.3, 0.4) is 0 Å². The van der Waals surface area contributed by atoms with E-state index in [4.69, 9.17) is 0 Å². The number of benzene rings is 1. The van der Waals surface area contributed by atoms with E-state index in [2.05, 4.69) is 4.90 Å². The zero-order chi connectivity index (χ0) is 9.80. The summed E-state index contributed by atoms with van der Waals surface area (Å²) in [5.41, 5.74) is 1.90. The summed E-state index contributed by atoms with van der Waals surface area (Å²) in [5, 5.41) is 0. The molecule has 0 aromatic heterocycles.